The molecule has 0 aliphatic heterocycles. The third-order valence-electron chi connectivity index (χ3n) is 5.02. The van der Waals surface area contributed by atoms with Gasteiger partial charge in [-0.25, -0.2) is 0 Å². The minimum absolute atomic E-state index is 0.624. The van der Waals surface area contributed by atoms with Crippen LogP contribution in [0.4, 0.5) is 5.69 Å². The van der Waals surface area contributed by atoms with E-state index in [1.165, 1.54) is 50.5 Å². The van der Waals surface area contributed by atoms with Gasteiger partial charge in [0.25, 0.3) is 0 Å². The second-order valence-electron chi connectivity index (χ2n) is 6.44. The van der Waals surface area contributed by atoms with Crippen LogP contribution in [-0.2, 0) is 0 Å². The zero-order valence-corrected chi connectivity index (χ0v) is 12.5. The molecular formula is C17H24ClN. The summed E-state index contributed by atoms with van der Waals surface area (Å²) < 4.78 is 0. The van der Waals surface area contributed by atoms with E-state index in [9.17, 15) is 0 Å². The van der Waals surface area contributed by atoms with Crippen LogP contribution in [0.3, 0.4) is 0 Å². The van der Waals surface area contributed by atoms with Crippen molar-refractivity contribution >= 4 is 17.3 Å². The lowest BCUT2D eigenvalue weighted by atomic mass is 9.69. The summed E-state index contributed by atoms with van der Waals surface area (Å²) in [6, 6.07) is 6.88. The lowest BCUT2D eigenvalue weighted by molar-refractivity contribution is 0.162. The van der Waals surface area contributed by atoms with Gasteiger partial charge in [0.1, 0.15) is 0 Å². The molecule has 1 aromatic carbocycles. The monoisotopic (exact) mass is 277 g/mol. The average molecular weight is 278 g/mol. The predicted octanol–water partition coefficient (Wildman–Crippen LogP) is 5.42. The largest absolute Gasteiger partial charge is 0.381 e. The van der Waals surface area contributed by atoms with Crippen LogP contribution in [0.1, 0.15) is 50.5 Å². The Bertz CT molecular complexity index is 443. The number of rotatable bonds is 2. The summed E-state index contributed by atoms with van der Waals surface area (Å²) in [4.78, 5) is 0. The first-order valence-corrected chi connectivity index (χ1v) is 8.13. The maximum absolute atomic E-state index is 6.29. The van der Waals surface area contributed by atoms with Gasteiger partial charge >= 0.3 is 0 Å². The maximum atomic E-state index is 6.29. The van der Waals surface area contributed by atoms with Crippen molar-refractivity contribution in [1.82, 2.24) is 0 Å². The molecule has 1 nitrogen and oxygen atoms in total. The summed E-state index contributed by atoms with van der Waals surface area (Å²) in [6.07, 6.45) is 9.89. The molecule has 1 N–H and O–H groups in total. The minimum Gasteiger partial charge on any atom is -0.381 e. The number of benzene rings is 1. The minimum atomic E-state index is 0.624. The number of hydrogen-bond acceptors (Lipinski definition) is 1. The summed E-state index contributed by atoms with van der Waals surface area (Å²) in [5.41, 5.74) is 2.40. The first-order valence-electron chi connectivity index (χ1n) is 7.75. The molecule has 0 heterocycles. The van der Waals surface area contributed by atoms with E-state index < -0.39 is 0 Å². The normalized spacial score (nSPS) is 30.7. The molecule has 2 saturated carbocycles. The van der Waals surface area contributed by atoms with Gasteiger partial charge in [0.05, 0.1) is 10.7 Å². The highest BCUT2D eigenvalue weighted by Crippen LogP contribution is 2.41. The van der Waals surface area contributed by atoms with Gasteiger partial charge in [0, 0.05) is 6.04 Å². The predicted molar refractivity (Wildman–Crippen MR) is 82.9 cm³/mol. The molecule has 0 spiro atoms. The van der Waals surface area contributed by atoms with E-state index in [0.29, 0.717) is 6.04 Å². The van der Waals surface area contributed by atoms with Crippen LogP contribution in [0.2, 0.25) is 5.02 Å². The van der Waals surface area contributed by atoms with Crippen molar-refractivity contribution in [1.29, 1.82) is 0 Å². The number of fused-ring (bicyclic) bond motifs is 1. The van der Waals surface area contributed by atoms with Crippen LogP contribution in [0.15, 0.2) is 18.2 Å². The molecule has 0 aromatic heterocycles. The fourth-order valence-electron chi connectivity index (χ4n) is 3.97. The van der Waals surface area contributed by atoms with Crippen molar-refractivity contribution in [3.05, 3.63) is 28.8 Å². The Kier molecular flexibility index (Phi) is 4.02. The molecular weight excluding hydrogens is 254 g/mol. The Labute approximate surface area is 121 Å². The fraction of sp³-hybridized carbons (Fsp3) is 0.647. The summed E-state index contributed by atoms with van der Waals surface area (Å²) >= 11 is 6.29. The lowest BCUT2D eigenvalue weighted by Crippen LogP contribution is -2.34. The van der Waals surface area contributed by atoms with Crippen LogP contribution >= 0.6 is 11.6 Å². The fourth-order valence-corrected chi connectivity index (χ4v) is 4.15. The summed E-state index contributed by atoms with van der Waals surface area (Å²) in [5.74, 6) is 1.98. The van der Waals surface area contributed by atoms with E-state index >= 15 is 0 Å². The molecule has 3 rings (SSSR count). The zero-order valence-electron chi connectivity index (χ0n) is 11.8. The van der Waals surface area contributed by atoms with Crippen LogP contribution in [0.25, 0.3) is 0 Å². The van der Waals surface area contributed by atoms with Gasteiger partial charge in [-0.05, 0) is 55.7 Å². The van der Waals surface area contributed by atoms with Gasteiger partial charge < -0.3 is 5.32 Å². The Morgan fingerprint density at radius 3 is 2.68 bits per heavy atom. The molecule has 19 heavy (non-hydrogen) atoms. The standard InChI is InChI=1S/C17H24ClN/c1-12-6-9-16(18)17(10-12)19-15-8-7-13-4-2-3-5-14(13)11-15/h6,9-10,13-15,19H,2-5,7-8,11H2,1H3. The number of aryl methyl sites for hydroxylation is 1. The van der Waals surface area contributed by atoms with E-state index in [-0.39, 0.29) is 0 Å². The van der Waals surface area contributed by atoms with Gasteiger partial charge in [-0.15, -0.1) is 0 Å². The van der Waals surface area contributed by atoms with Crippen molar-refractivity contribution < 1.29 is 0 Å². The number of hydrogen-bond donors (Lipinski definition) is 1. The first-order chi connectivity index (χ1) is 9.22. The summed E-state index contributed by atoms with van der Waals surface area (Å²) in [6.45, 7) is 2.12. The second-order valence-corrected chi connectivity index (χ2v) is 6.85. The van der Waals surface area contributed by atoms with Gasteiger partial charge in [0.2, 0.25) is 0 Å². The highest BCUT2D eigenvalue weighted by Gasteiger charge is 2.32. The van der Waals surface area contributed by atoms with Crippen LogP contribution in [0.5, 0.6) is 0 Å². The molecule has 1 aromatic rings. The maximum Gasteiger partial charge on any atom is 0.0637 e. The number of anilines is 1. The van der Waals surface area contributed by atoms with Crippen LogP contribution in [0, 0.1) is 18.8 Å². The van der Waals surface area contributed by atoms with Crippen LogP contribution in [-0.4, -0.2) is 6.04 Å². The first kappa shape index (κ1) is 13.3. The quantitative estimate of drug-likeness (QED) is 0.761. The van der Waals surface area contributed by atoms with Crippen molar-refractivity contribution in [2.75, 3.05) is 5.32 Å². The Balaban J connectivity index is 1.65. The van der Waals surface area contributed by atoms with E-state index in [4.69, 9.17) is 11.6 Å². The molecule has 104 valence electrons. The van der Waals surface area contributed by atoms with E-state index in [1.807, 2.05) is 6.07 Å². The molecule has 0 radical (unpaired) electrons. The second kappa shape index (κ2) is 5.75. The molecule has 0 amide bonds. The third-order valence-corrected chi connectivity index (χ3v) is 5.35. The topological polar surface area (TPSA) is 12.0 Å². The van der Waals surface area contributed by atoms with E-state index in [2.05, 4.69) is 24.4 Å². The smallest absolute Gasteiger partial charge is 0.0637 e. The van der Waals surface area contributed by atoms with Crippen molar-refractivity contribution in [3.63, 3.8) is 0 Å². The molecule has 0 saturated heterocycles. The highest BCUT2D eigenvalue weighted by molar-refractivity contribution is 6.33. The Morgan fingerprint density at radius 2 is 1.84 bits per heavy atom. The van der Waals surface area contributed by atoms with Gasteiger partial charge in [0.15, 0.2) is 0 Å². The molecule has 2 fully saturated rings. The molecule has 2 aliphatic rings. The Hall–Kier alpha value is -0.690. The SMILES string of the molecule is Cc1ccc(Cl)c(NC2CCC3CCCCC3C2)c1. The van der Waals surface area contributed by atoms with Crippen molar-refractivity contribution in [3.8, 4) is 0 Å². The van der Waals surface area contributed by atoms with E-state index in [0.717, 1.165) is 22.5 Å². The molecule has 2 aliphatic carbocycles. The third kappa shape index (κ3) is 3.08. The van der Waals surface area contributed by atoms with E-state index in [1.54, 1.807) is 0 Å². The summed E-state index contributed by atoms with van der Waals surface area (Å²) in [7, 11) is 0. The lowest BCUT2D eigenvalue weighted by Gasteiger charge is -2.40. The number of nitrogens with one attached hydrogen (secondary N) is 1. The molecule has 3 atom stereocenters. The molecule has 2 heteroatoms. The van der Waals surface area contributed by atoms with Crippen LogP contribution < -0.4 is 5.32 Å². The van der Waals surface area contributed by atoms with Gasteiger partial charge in [-0.1, -0.05) is 43.4 Å². The van der Waals surface area contributed by atoms with Gasteiger partial charge in [-0.3, -0.25) is 0 Å². The highest BCUT2D eigenvalue weighted by atomic mass is 35.5. The Morgan fingerprint density at radius 1 is 1.05 bits per heavy atom. The zero-order chi connectivity index (χ0) is 13.2. The number of halogens is 1. The van der Waals surface area contributed by atoms with Crippen molar-refractivity contribution in [2.24, 2.45) is 11.8 Å². The summed E-state index contributed by atoms with van der Waals surface area (Å²) in [5, 5.41) is 4.55. The molecule has 3 unspecified atom stereocenters. The van der Waals surface area contributed by atoms with Crippen molar-refractivity contribution in [2.45, 2.75) is 57.9 Å². The average Bonchev–Trinajstić information content (AvgIpc) is 2.43. The molecule has 0 bridgehead atoms. The van der Waals surface area contributed by atoms with Gasteiger partial charge in [-0.2, -0.15) is 0 Å².